The Balaban J connectivity index is 2.83. The lowest BCUT2D eigenvalue weighted by Gasteiger charge is -2.31. The molecule has 0 saturated heterocycles. The van der Waals surface area contributed by atoms with Crippen molar-refractivity contribution in [3.8, 4) is 0 Å². The summed E-state index contributed by atoms with van der Waals surface area (Å²) in [5.74, 6) is 0.0682. The van der Waals surface area contributed by atoms with Crippen LogP contribution in [0, 0.1) is 11.7 Å². The first-order valence-electron chi connectivity index (χ1n) is 7.18. The van der Waals surface area contributed by atoms with E-state index in [1.54, 1.807) is 17.0 Å². The molecule has 0 aromatic heterocycles. The van der Waals surface area contributed by atoms with E-state index in [1.165, 1.54) is 12.1 Å². The van der Waals surface area contributed by atoms with Crippen molar-refractivity contribution in [1.82, 2.24) is 4.90 Å². The van der Waals surface area contributed by atoms with E-state index in [9.17, 15) is 9.18 Å². The summed E-state index contributed by atoms with van der Waals surface area (Å²) in [6.45, 7) is 8.56. The summed E-state index contributed by atoms with van der Waals surface area (Å²) >= 11 is 0. The van der Waals surface area contributed by atoms with Crippen LogP contribution in [0.15, 0.2) is 24.3 Å². The highest BCUT2D eigenvalue weighted by Crippen LogP contribution is 2.21. The minimum atomic E-state index is -0.474. The monoisotopic (exact) mass is 280 g/mol. The molecule has 0 fully saturated rings. The maximum absolute atomic E-state index is 13.0. The van der Waals surface area contributed by atoms with Gasteiger partial charge in [-0.25, -0.2) is 4.39 Å². The first kappa shape index (κ1) is 16.6. The van der Waals surface area contributed by atoms with Gasteiger partial charge in [-0.05, 0) is 43.9 Å². The second-order valence-corrected chi connectivity index (χ2v) is 5.59. The molecule has 112 valence electrons. The van der Waals surface area contributed by atoms with Crippen LogP contribution < -0.4 is 5.73 Å². The molecule has 0 aliphatic heterocycles. The predicted molar refractivity (Wildman–Crippen MR) is 79.6 cm³/mol. The highest BCUT2D eigenvalue weighted by Gasteiger charge is 2.25. The number of hydrogen-bond donors (Lipinski definition) is 1. The van der Waals surface area contributed by atoms with Crippen molar-refractivity contribution in [3.63, 3.8) is 0 Å². The minimum Gasteiger partial charge on any atom is -0.335 e. The molecule has 2 atom stereocenters. The Morgan fingerprint density at radius 1 is 1.25 bits per heavy atom. The van der Waals surface area contributed by atoms with E-state index < -0.39 is 6.04 Å². The van der Waals surface area contributed by atoms with E-state index in [2.05, 4.69) is 0 Å². The highest BCUT2D eigenvalue weighted by molar-refractivity contribution is 5.82. The first-order valence-corrected chi connectivity index (χ1v) is 7.18. The number of carbonyl (C=O) groups is 1. The number of carbonyl (C=O) groups excluding carboxylic acids is 1. The lowest BCUT2D eigenvalue weighted by atomic mass is 10.0. The van der Waals surface area contributed by atoms with Crippen LogP contribution in [0.5, 0.6) is 0 Å². The van der Waals surface area contributed by atoms with Crippen LogP contribution in [-0.4, -0.2) is 23.4 Å². The molecule has 3 nitrogen and oxygen atoms in total. The van der Waals surface area contributed by atoms with Gasteiger partial charge in [0.15, 0.2) is 0 Å². The Morgan fingerprint density at radius 2 is 1.80 bits per heavy atom. The fourth-order valence-corrected chi connectivity index (χ4v) is 2.36. The summed E-state index contributed by atoms with van der Waals surface area (Å²) in [5, 5.41) is 0. The standard InChI is InChI=1S/C16H25FN2O/c1-5-19(16(20)15(18)10-11(2)3)12(4)13-6-8-14(17)9-7-13/h6-9,11-12,15H,5,10,18H2,1-4H3/t12?,15-/m0/s1. The molecule has 0 radical (unpaired) electrons. The van der Waals surface area contributed by atoms with Crippen molar-refractivity contribution in [2.24, 2.45) is 11.7 Å². The zero-order valence-corrected chi connectivity index (χ0v) is 12.8. The van der Waals surface area contributed by atoms with Crippen LogP contribution in [0.2, 0.25) is 0 Å². The lowest BCUT2D eigenvalue weighted by Crippen LogP contribution is -2.45. The van der Waals surface area contributed by atoms with Gasteiger partial charge in [-0.2, -0.15) is 0 Å². The van der Waals surface area contributed by atoms with Gasteiger partial charge in [-0.3, -0.25) is 4.79 Å². The minimum absolute atomic E-state index is 0.0435. The van der Waals surface area contributed by atoms with E-state index in [1.807, 2.05) is 27.7 Å². The van der Waals surface area contributed by atoms with Crippen LogP contribution in [0.3, 0.4) is 0 Å². The predicted octanol–water partition coefficient (Wildman–Crippen LogP) is 3.11. The van der Waals surface area contributed by atoms with Crippen molar-refractivity contribution in [2.45, 2.75) is 46.2 Å². The SMILES string of the molecule is CCN(C(=O)[C@@H](N)CC(C)C)C(C)c1ccc(F)cc1. The maximum atomic E-state index is 13.0. The van der Waals surface area contributed by atoms with Crippen LogP contribution in [0.1, 0.15) is 45.7 Å². The van der Waals surface area contributed by atoms with Gasteiger partial charge in [0.1, 0.15) is 5.82 Å². The fourth-order valence-electron chi connectivity index (χ4n) is 2.36. The average molecular weight is 280 g/mol. The van der Waals surface area contributed by atoms with Crippen LogP contribution >= 0.6 is 0 Å². The van der Waals surface area contributed by atoms with Gasteiger partial charge in [0.25, 0.3) is 0 Å². The number of rotatable bonds is 6. The van der Waals surface area contributed by atoms with Gasteiger partial charge in [0.05, 0.1) is 12.1 Å². The molecule has 1 aromatic carbocycles. The number of hydrogen-bond acceptors (Lipinski definition) is 2. The Kier molecular flexibility index (Phi) is 6.14. The summed E-state index contributed by atoms with van der Waals surface area (Å²) in [4.78, 5) is 14.2. The fraction of sp³-hybridized carbons (Fsp3) is 0.562. The molecule has 0 bridgehead atoms. The van der Waals surface area contributed by atoms with Gasteiger partial charge in [0.2, 0.25) is 5.91 Å². The molecule has 1 rings (SSSR count). The van der Waals surface area contributed by atoms with Gasteiger partial charge in [-0.1, -0.05) is 26.0 Å². The number of benzene rings is 1. The van der Waals surface area contributed by atoms with Gasteiger partial charge >= 0.3 is 0 Å². The Bertz CT molecular complexity index is 431. The lowest BCUT2D eigenvalue weighted by molar-refractivity contribution is -0.134. The van der Waals surface area contributed by atoms with E-state index in [4.69, 9.17) is 5.73 Å². The molecule has 1 aromatic rings. The van der Waals surface area contributed by atoms with Gasteiger partial charge in [0, 0.05) is 6.54 Å². The number of amides is 1. The van der Waals surface area contributed by atoms with E-state index in [-0.39, 0.29) is 17.8 Å². The molecular formula is C16H25FN2O. The molecule has 1 unspecified atom stereocenters. The zero-order valence-electron chi connectivity index (χ0n) is 12.8. The zero-order chi connectivity index (χ0) is 15.3. The number of likely N-dealkylation sites (N-methyl/N-ethyl adjacent to an activating group) is 1. The molecule has 0 aliphatic carbocycles. The maximum Gasteiger partial charge on any atom is 0.239 e. The third-order valence-electron chi connectivity index (χ3n) is 3.49. The van der Waals surface area contributed by atoms with Crippen molar-refractivity contribution < 1.29 is 9.18 Å². The summed E-state index contributed by atoms with van der Waals surface area (Å²) < 4.78 is 13.0. The average Bonchev–Trinajstić information content (AvgIpc) is 2.39. The molecular weight excluding hydrogens is 255 g/mol. The number of nitrogens with two attached hydrogens (primary N) is 1. The second kappa shape index (κ2) is 7.39. The van der Waals surface area contributed by atoms with Crippen LogP contribution in [-0.2, 0) is 4.79 Å². The van der Waals surface area contributed by atoms with Crippen LogP contribution in [0.4, 0.5) is 4.39 Å². The smallest absolute Gasteiger partial charge is 0.239 e. The summed E-state index contributed by atoms with van der Waals surface area (Å²) in [6, 6.07) is 5.67. The third kappa shape index (κ3) is 4.30. The number of halogens is 1. The largest absolute Gasteiger partial charge is 0.335 e. The third-order valence-corrected chi connectivity index (χ3v) is 3.49. The summed E-state index contributed by atoms with van der Waals surface area (Å²) in [7, 11) is 0. The Labute approximate surface area is 121 Å². The highest BCUT2D eigenvalue weighted by atomic mass is 19.1. The molecule has 0 aliphatic rings. The van der Waals surface area contributed by atoms with Gasteiger partial charge in [-0.15, -0.1) is 0 Å². The Hall–Kier alpha value is -1.42. The Morgan fingerprint density at radius 3 is 2.25 bits per heavy atom. The van der Waals surface area contributed by atoms with E-state index >= 15 is 0 Å². The molecule has 0 saturated carbocycles. The van der Waals surface area contributed by atoms with Crippen LogP contribution in [0.25, 0.3) is 0 Å². The molecule has 20 heavy (non-hydrogen) atoms. The van der Waals surface area contributed by atoms with Crippen molar-refractivity contribution in [1.29, 1.82) is 0 Å². The molecule has 4 heteroatoms. The topological polar surface area (TPSA) is 46.3 Å². The normalized spacial score (nSPS) is 14.2. The molecule has 2 N–H and O–H groups in total. The molecule has 0 spiro atoms. The van der Waals surface area contributed by atoms with Crippen molar-refractivity contribution >= 4 is 5.91 Å². The quantitative estimate of drug-likeness (QED) is 0.870. The second-order valence-electron chi connectivity index (χ2n) is 5.59. The molecule has 0 heterocycles. The van der Waals surface area contributed by atoms with E-state index in [0.717, 1.165) is 5.56 Å². The summed E-state index contributed by atoms with van der Waals surface area (Å²) in [6.07, 6.45) is 0.672. The first-order chi connectivity index (χ1) is 9.36. The van der Waals surface area contributed by atoms with Gasteiger partial charge < -0.3 is 10.6 Å². The number of nitrogens with zero attached hydrogens (tertiary/aromatic N) is 1. The van der Waals surface area contributed by atoms with Crippen molar-refractivity contribution in [2.75, 3.05) is 6.54 Å². The summed E-state index contributed by atoms with van der Waals surface area (Å²) in [5.41, 5.74) is 6.90. The van der Waals surface area contributed by atoms with E-state index in [0.29, 0.717) is 18.9 Å². The van der Waals surface area contributed by atoms with Crippen molar-refractivity contribution in [3.05, 3.63) is 35.6 Å². The molecule has 1 amide bonds.